The van der Waals surface area contributed by atoms with Crippen molar-refractivity contribution in [3.05, 3.63) is 52.1 Å². The van der Waals surface area contributed by atoms with Crippen LogP contribution in [0.25, 0.3) is 4.91 Å². The molecule has 118 valence electrons. The van der Waals surface area contributed by atoms with E-state index < -0.39 is 6.03 Å². The van der Waals surface area contributed by atoms with Gasteiger partial charge in [0.25, 0.3) is 0 Å². The molecule has 0 radical (unpaired) electrons. The maximum atomic E-state index is 11.2. The van der Waals surface area contributed by atoms with Crippen molar-refractivity contribution < 1.29 is 4.79 Å². The molecule has 5 nitrogen and oxygen atoms in total. The first kappa shape index (κ1) is 16.6. The maximum Gasteiger partial charge on any atom is 0.317 e. The second kappa shape index (κ2) is 7.49. The van der Waals surface area contributed by atoms with Crippen LogP contribution in [0.2, 0.25) is 0 Å². The Hall–Kier alpha value is -1.76. The van der Waals surface area contributed by atoms with Crippen LogP contribution in [0.5, 0.6) is 0 Å². The fourth-order valence-corrected chi connectivity index (χ4v) is 3.56. The third-order valence-corrected chi connectivity index (χ3v) is 4.83. The third kappa shape index (κ3) is 3.91. The molecular formula is C16H22N4OS. The first-order valence-electron chi connectivity index (χ1n) is 7.19. The SMILES string of the molecule is C/C(CN)=C(/NC(N)=O)SC1=CC(CN)Cc2ccccc21. The molecule has 7 N–H and O–H groups in total. The molecule has 0 aromatic heterocycles. The molecule has 6 heteroatoms. The summed E-state index contributed by atoms with van der Waals surface area (Å²) in [5.74, 6) is 0.297. The first-order chi connectivity index (χ1) is 10.5. The average molecular weight is 318 g/mol. The molecular weight excluding hydrogens is 296 g/mol. The number of fused-ring (bicyclic) bond motifs is 1. The van der Waals surface area contributed by atoms with Gasteiger partial charge >= 0.3 is 6.03 Å². The summed E-state index contributed by atoms with van der Waals surface area (Å²) in [7, 11) is 0. The van der Waals surface area contributed by atoms with Crippen molar-refractivity contribution in [3.63, 3.8) is 0 Å². The Balaban J connectivity index is 2.36. The van der Waals surface area contributed by atoms with Gasteiger partial charge in [0.2, 0.25) is 0 Å². The van der Waals surface area contributed by atoms with E-state index in [1.165, 1.54) is 22.9 Å². The van der Waals surface area contributed by atoms with E-state index in [0.29, 0.717) is 24.0 Å². The summed E-state index contributed by atoms with van der Waals surface area (Å²) in [4.78, 5) is 12.3. The molecule has 1 aromatic rings. The normalized spacial score (nSPS) is 18.1. The minimum Gasteiger partial charge on any atom is -0.351 e. The molecule has 1 atom stereocenters. The number of amides is 2. The molecule has 0 bridgehead atoms. The number of hydrogen-bond acceptors (Lipinski definition) is 4. The lowest BCUT2D eigenvalue weighted by Gasteiger charge is -2.24. The van der Waals surface area contributed by atoms with E-state index in [4.69, 9.17) is 17.2 Å². The van der Waals surface area contributed by atoms with Crippen molar-refractivity contribution in [2.45, 2.75) is 13.3 Å². The third-order valence-electron chi connectivity index (χ3n) is 3.60. The van der Waals surface area contributed by atoms with Crippen molar-refractivity contribution in [2.75, 3.05) is 13.1 Å². The topological polar surface area (TPSA) is 107 Å². The monoisotopic (exact) mass is 318 g/mol. The molecule has 0 saturated carbocycles. The Morgan fingerprint density at radius 1 is 1.36 bits per heavy atom. The molecule has 2 amide bonds. The van der Waals surface area contributed by atoms with Crippen LogP contribution in [0.3, 0.4) is 0 Å². The fraction of sp³-hybridized carbons (Fsp3) is 0.312. The van der Waals surface area contributed by atoms with E-state index in [-0.39, 0.29) is 0 Å². The van der Waals surface area contributed by atoms with Crippen LogP contribution in [0.4, 0.5) is 4.79 Å². The van der Waals surface area contributed by atoms with Gasteiger partial charge in [-0.2, -0.15) is 0 Å². The molecule has 0 aliphatic heterocycles. The van der Waals surface area contributed by atoms with Crippen LogP contribution in [-0.4, -0.2) is 19.1 Å². The molecule has 1 aliphatic carbocycles. The second-order valence-electron chi connectivity index (χ2n) is 5.29. The van der Waals surface area contributed by atoms with Gasteiger partial charge in [-0.3, -0.25) is 0 Å². The highest BCUT2D eigenvalue weighted by molar-refractivity contribution is 8.11. The molecule has 0 spiro atoms. The highest BCUT2D eigenvalue weighted by atomic mass is 32.2. The summed E-state index contributed by atoms with van der Waals surface area (Å²) >= 11 is 1.48. The van der Waals surface area contributed by atoms with Gasteiger partial charge < -0.3 is 22.5 Å². The van der Waals surface area contributed by atoms with Crippen molar-refractivity contribution in [3.8, 4) is 0 Å². The van der Waals surface area contributed by atoms with Crippen LogP contribution in [-0.2, 0) is 6.42 Å². The zero-order valence-electron chi connectivity index (χ0n) is 12.6. The van der Waals surface area contributed by atoms with Gasteiger partial charge in [0.1, 0.15) is 0 Å². The number of nitrogens with two attached hydrogens (primary N) is 3. The van der Waals surface area contributed by atoms with E-state index in [0.717, 1.165) is 16.9 Å². The Morgan fingerprint density at radius 2 is 2.09 bits per heavy atom. The molecule has 0 saturated heterocycles. The summed E-state index contributed by atoms with van der Waals surface area (Å²) in [5, 5.41) is 3.36. The number of carbonyl (C=O) groups is 1. The first-order valence-corrected chi connectivity index (χ1v) is 8.01. The second-order valence-corrected chi connectivity index (χ2v) is 6.35. The van der Waals surface area contributed by atoms with Gasteiger partial charge in [0.15, 0.2) is 0 Å². The number of primary amides is 1. The number of hydrogen-bond donors (Lipinski definition) is 4. The standard InChI is InChI=1S/C16H22N4OS/c1-10(8-17)15(20-16(19)21)22-14-7-11(9-18)6-12-4-2-3-5-13(12)14/h2-5,7,11H,6,8-9,17-18H2,1H3,(H3,19,20,21)/b15-10+. The largest absolute Gasteiger partial charge is 0.351 e. The minimum atomic E-state index is -0.588. The lowest BCUT2D eigenvalue weighted by Crippen LogP contribution is -2.29. The molecule has 0 heterocycles. The average Bonchev–Trinajstić information content (AvgIpc) is 2.52. The minimum absolute atomic E-state index is 0.297. The Labute approximate surface area is 135 Å². The van der Waals surface area contributed by atoms with Gasteiger partial charge in [0, 0.05) is 11.4 Å². The fourth-order valence-electron chi connectivity index (χ4n) is 2.36. The highest BCUT2D eigenvalue weighted by Gasteiger charge is 2.20. The van der Waals surface area contributed by atoms with Crippen molar-refractivity contribution in [1.82, 2.24) is 5.32 Å². The molecule has 1 aliphatic rings. The molecule has 1 unspecified atom stereocenters. The molecule has 22 heavy (non-hydrogen) atoms. The summed E-state index contributed by atoms with van der Waals surface area (Å²) < 4.78 is 0. The van der Waals surface area contributed by atoms with Gasteiger partial charge in [-0.15, -0.1) is 0 Å². The molecule has 2 rings (SSSR count). The number of rotatable bonds is 5. The van der Waals surface area contributed by atoms with Crippen LogP contribution < -0.4 is 22.5 Å². The maximum absolute atomic E-state index is 11.2. The van der Waals surface area contributed by atoms with Crippen LogP contribution in [0, 0.1) is 5.92 Å². The smallest absolute Gasteiger partial charge is 0.317 e. The lowest BCUT2D eigenvalue weighted by atomic mass is 9.89. The predicted octanol–water partition coefficient (Wildman–Crippen LogP) is 1.75. The predicted molar refractivity (Wildman–Crippen MR) is 92.7 cm³/mol. The van der Waals surface area contributed by atoms with Crippen molar-refractivity contribution in [2.24, 2.45) is 23.1 Å². The van der Waals surface area contributed by atoms with Gasteiger partial charge in [-0.25, -0.2) is 4.79 Å². The Kier molecular flexibility index (Phi) is 5.65. The molecule has 1 aromatic carbocycles. The van der Waals surface area contributed by atoms with E-state index in [1.54, 1.807) is 0 Å². The zero-order valence-corrected chi connectivity index (χ0v) is 13.5. The number of nitrogens with one attached hydrogen (secondary N) is 1. The summed E-state index contributed by atoms with van der Waals surface area (Å²) in [6, 6.07) is 7.66. The number of benzene rings is 1. The van der Waals surface area contributed by atoms with Gasteiger partial charge in [-0.05, 0) is 42.5 Å². The molecule has 0 fully saturated rings. The van der Waals surface area contributed by atoms with E-state index in [2.05, 4.69) is 23.5 Å². The van der Waals surface area contributed by atoms with Crippen molar-refractivity contribution >= 4 is 22.7 Å². The zero-order chi connectivity index (χ0) is 16.1. The van der Waals surface area contributed by atoms with E-state index >= 15 is 0 Å². The Bertz CT molecular complexity index is 624. The van der Waals surface area contributed by atoms with E-state index in [1.807, 2.05) is 19.1 Å². The van der Waals surface area contributed by atoms with Gasteiger partial charge in [0.05, 0.1) is 5.03 Å². The lowest BCUT2D eigenvalue weighted by molar-refractivity contribution is 0.251. The van der Waals surface area contributed by atoms with Crippen LogP contribution >= 0.6 is 11.8 Å². The van der Waals surface area contributed by atoms with Crippen molar-refractivity contribution in [1.29, 1.82) is 0 Å². The van der Waals surface area contributed by atoms with Crippen LogP contribution in [0.1, 0.15) is 18.1 Å². The summed E-state index contributed by atoms with van der Waals surface area (Å²) in [6.45, 7) is 2.84. The van der Waals surface area contributed by atoms with Gasteiger partial charge in [-0.1, -0.05) is 42.1 Å². The van der Waals surface area contributed by atoms with E-state index in [9.17, 15) is 4.79 Å². The quantitative estimate of drug-likeness (QED) is 0.663. The summed E-state index contributed by atoms with van der Waals surface area (Å²) in [5.41, 5.74) is 20.1. The number of thioether (sulfide) groups is 1. The number of urea groups is 1. The summed E-state index contributed by atoms with van der Waals surface area (Å²) in [6.07, 6.45) is 3.11. The van der Waals surface area contributed by atoms with Crippen LogP contribution in [0.15, 0.2) is 40.9 Å². The number of carbonyl (C=O) groups excluding carboxylic acids is 1. The highest BCUT2D eigenvalue weighted by Crippen LogP contribution is 2.40. The Morgan fingerprint density at radius 3 is 2.73 bits per heavy atom.